The fraction of sp³-hybridized carbons (Fsp3) is 0.542. The zero-order valence-electron chi connectivity index (χ0n) is 17.2. The van der Waals surface area contributed by atoms with Gasteiger partial charge in [-0.1, -0.05) is 61.9 Å². The molecule has 1 aliphatic rings. The van der Waals surface area contributed by atoms with Crippen molar-refractivity contribution in [2.24, 2.45) is 0 Å². The molecule has 0 bridgehead atoms. The largest absolute Gasteiger partial charge is 0.303 e. The Balaban J connectivity index is 1.84. The van der Waals surface area contributed by atoms with Crippen molar-refractivity contribution in [2.45, 2.75) is 52.5 Å². The first kappa shape index (κ1) is 21.4. The van der Waals surface area contributed by atoms with Gasteiger partial charge in [-0.2, -0.15) is 0 Å². The number of rotatable bonds is 13. The topological polar surface area (TPSA) is 10.8 Å². The van der Waals surface area contributed by atoms with Crippen LogP contribution in [0.15, 0.2) is 48.1 Å². The van der Waals surface area contributed by atoms with Gasteiger partial charge in [-0.15, -0.1) is 0 Å². The lowest BCUT2D eigenvalue weighted by molar-refractivity contribution is 0.245. The van der Waals surface area contributed by atoms with Crippen LogP contribution in [0.1, 0.15) is 51.5 Å². The number of allylic oxidation sites excluding steroid dienone is 3. The molecule has 0 saturated carbocycles. The van der Waals surface area contributed by atoms with Gasteiger partial charge in [0.25, 0.3) is 0 Å². The minimum absolute atomic E-state index is 0.722. The van der Waals surface area contributed by atoms with E-state index >= 15 is 0 Å². The maximum Gasteiger partial charge on any atom is 0.187 e. The van der Waals surface area contributed by atoms with Crippen LogP contribution in [0.25, 0.3) is 4.85 Å². The average Bonchev–Trinajstić information content (AvgIpc) is 3.19. The van der Waals surface area contributed by atoms with Crippen LogP contribution in [-0.4, -0.2) is 42.5 Å². The van der Waals surface area contributed by atoms with Gasteiger partial charge in [0.1, 0.15) is 0 Å². The zero-order valence-corrected chi connectivity index (χ0v) is 17.2. The summed E-state index contributed by atoms with van der Waals surface area (Å²) in [5.41, 5.74) is 3.53. The average molecular weight is 366 g/mol. The molecule has 1 aromatic rings. The van der Waals surface area contributed by atoms with Crippen LogP contribution >= 0.6 is 0 Å². The molecule has 0 spiro atoms. The molecule has 1 aliphatic carbocycles. The summed E-state index contributed by atoms with van der Waals surface area (Å²) in [6, 6.07) is 8.08. The van der Waals surface area contributed by atoms with E-state index in [0.29, 0.717) is 0 Å². The molecule has 146 valence electrons. The van der Waals surface area contributed by atoms with E-state index in [4.69, 9.17) is 6.57 Å². The van der Waals surface area contributed by atoms with E-state index in [-0.39, 0.29) is 0 Å². The van der Waals surface area contributed by atoms with E-state index in [1.54, 1.807) is 0 Å². The van der Waals surface area contributed by atoms with E-state index in [1.165, 1.54) is 56.5 Å². The van der Waals surface area contributed by atoms with Gasteiger partial charge in [-0.05, 0) is 63.8 Å². The highest BCUT2D eigenvalue weighted by Gasteiger charge is 2.10. The molecule has 0 unspecified atom stereocenters. The van der Waals surface area contributed by atoms with Gasteiger partial charge < -0.3 is 4.90 Å². The third-order valence-electron chi connectivity index (χ3n) is 5.02. The fourth-order valence-electron chi connectivity index (χ4n) is 3.68. The molecule has 3 nitrogen and oxygen atoms in total. The molecular weight excluding hydrogens is 330 g/mol. The van der Waals surface area contributed by atoms with Gasteiger partial charge in [-0.25, -0.2) is 4.85 Å². The van der Waals surface area contributed by atoms with Crippen molar-refractivity contribution in [3.05, 3.63) is 65.0 Å². The Morgan fingerprint density at radius 3 is 2.11 bits per heavy atom. The van der Waals surface area contributed by atoms with Gasteiger partial charge in [0.2, 0.25) is 0 Å². The number of benzene rings is 1. The first-order chi connectivity index (χ1) is 13.2. The SMILES string of the molecule is [C-]#[N+]c1ccc(CN(CCCCN(CCC)CCC)CC2=CC=CC2)cc1. The van der Waals surface area contributed by atoms with Gasteiger partial charge in [0.05, 0.1) is 6.57 Å². The molecular formula is C24H35N3. The van der Waals surface area contributed by atoms with Crippen molar-refractivity contribution in [1.29, 1.82) is 0 Å². The molecule has 0 saturated heterocycles. The van der Waals surface area contributed by atoms with Gasteiger partial charge in [0.15, 0.2) is 5.69 Å². The number of nitrogens with zero attached hydrogens (tertiary/aromatic N) is 3. The van der Waals surface area contributed by atoms with Crippen molar-refractivity contribution in [3.8, 4) is 0 Å². The molecule has 0 aromatic heterocycles. The second-order valence-electron chi connectivity index (χ2n) is 7.49. The summed E-state index contributed by atoms with van der Waals surface area (Å²) in [6.45, 7) is 18.5. The molecule has 0 fully saturated rings. The van der Waals surface area contributed by atoms with E-state index in [0.717, 1.165) is 31.7 Å². The minimum atomic E-state index is 0.722. The first-order valence-electron chi connectivity index (χ1n) is 10.5. The summed E-state index contributed by atoms with van der Waals surface area (Å²) in [4.78, 5) is 8.67. The van der Waals surface area contributed by atoms with Crippen LogP contribution in [-0.2, 0) is 6.54 Å². The molecule has 0 atom stereocenters. The summed E-state index contributed by atoms with van der Waals surface area (Å²) in [7, 11) is 0. The number of unbranched alkanes of at least 4 members (excludes halogenated alkanes) is 1. The van der Waals surface area contributed by atoms with Gasteiger partial charge >= 0.3 is 0 Å². The molecule has 1 aromatic carbocycles. The highest BCUT2D eigenvalue weighted by atomic mass is 15.1. The molecule has 0 aliphatic heterocycles. The molecule has 0 radical (unpaired) electrons. The maximum atomic E-state index is 7.11. The van der Waals surface area contributed by atoms with Crippen molar-refractivity contribution in [2.75, 3.05) is 32.7 Å². The zero-order chi connectivity index (χ0) is 19.3. The Morgan fingerprint density at radius 2 is 1.56 bits per heavy atom. The lowest BCUT2D eigenvalue weighted by atomic mass is 10.1. The Morgan fingerprint density at radius 1 is 0.889 bits per heavy atom. The molecule has 2 rings (SSSR count). The first-order valence-corrected chi connectivity index (χ1v) is 10.5. The lowest BCUT2D eigenvalue weighted by Gasteiger charge is -2.25. The predicted octanol–water partition coefficient (Wildman–Crippen LogP) is 5.83. The van der Waals surface area contributed by atoms with Crippen molar-refractivity contribution in [3.63, 3.8) is 0 Å². The summed E-state index contributed by atoms with van der Waals surface area (Å²) < 4.78 is 0. The predicted molar refractivity (Wildman–Crippen MR) is 116 cm³/mol. The summed E-state index contributed by atoms with van der Waals surface area (Å²) in [5, 5.41) is 0. The summed E-state index contributed by atoms with van der Waals surface area (Å²) in [6.07, 6.45) is 12.8. The number of hydrogen-bond acceptors (Lipinski definition) is 2. The highest BCUT2D eigenvalue weighted by Crippen LogP contribution is 2.17. The van der Waals surface area contributed by atoms with E-state index in [1.807, 2.05) is 12.1 Å². The van der Waals surface area contributed by atoms with Crippen molar-refractivity contribution < 1.29 is 0 Å². The van der Waals surface area contributed by atoms with E-state index in [2.05, 4.69) is 58.9 Å². The molecule has 0 heterocycles. The molecule has 27 heavy (non-hydrogen) atoms. The van der Waals surface area contributed by atoms with E-state index < -0.39 is 0 Å². The van der Waals surface area contributed by atoms with Gasteiger partial charge in [0, 0.05) is 13.1 Å². The smallest absolute Gasteiger partial charge is 0.187 e. The third-order valence-corrected chi connectivity index (χ3v) is 5.02. The molecule has 0 amide bonds. The Bertz CT molecular complexity index is 631. The van der Waals surface area contributed by atoms with Crippen molar-refractivity contribution >= 4 is 5.69 Å². The van der Waals surface area contributed by atoms with Crippen LogP contribution in [0.5, 0.6) is 0 Å². The summed E-state index contributed by atoms with van der Waals surface area (Å²) in [5.74, 6) is 0. The van der Waals surface area contributed by atoms with Crippen molar-refractivity contribution in [1.82, 2.24) is 9.80 Å². The highest BCUT2D eigenvalue weighted by molar-refractivity contribution is 5.45. The Kier molecular flexibility index (Phi) is 9.90. The Labute approximate surface area is 166 Å². The lowest BCUT2D eigenvalue weighted by Crippen LogP contribution is -2.29. The molecule has 0 N–H and O–H groups in total. The van der Waals surface area contributed by atoms with Crippen LogP contribution in [0.3, 0.4) is 0 Å². The maximum absolute atomic E-state index is 7.11. The monoisotopic (exact) mass is 365 g/mol. The normalized spacial score (nSPS) is 13.4. The fourth-order valence-corrected chi connectivity index (χ4v) is 3.68. The Hall–Kier alpha value is -1.89. The van der Waals surface area contributed by atoms with Crippen LogP contribution in [0, 0.1) is 6.57 Å². The van der Waals surface area contributed by atoms with Crippen LogP contribution in [0.2, 0.25) is 0 Å². The summed E-state index contributed by atoms with van der Waals surface area (Å²) >= 11 is 0. The second-order valence-corrected chi connectivity index (χ2v) is 7.49. The van der Waals surface area contributed by atoms with Crippen LogP contribution in [0.4, 0.5) is 5.69 Å². The minimum Gasteiger partial charge on any atom is -0.303 e. The molecule has 3 heteroatoms. The quantitative estimate of drug-likeness (QED) is 0.322. The number of hydrogen-bond donors (Lipinski definition) is 0. The van der Waals surface area contributed by atoms with Gasteiger partial charge in [-0.3, -0.25) is 4.90 Å². The standard InChI is InChI=1S/C24H35N3/c1-4-16-26(17-5-2)18-8-9-19-27(20-22-10-6-7-11-22)21-23-12-14-24(25-3)15-13-23/h6-7,10,12-15H,4-5,8-9,11,16-21H2,1-2H3. The third kappa shape index (κ3) is 8.12. The van der Waals surface area contributed by atoms with Crippen LogP contribution < -0.4 is 0 Å². The van der Waals surface area contributed by atoms with E-state index in [9.17, 15) is 0 Å². The second kappa shape index (κ2) is 12.5.